The molecule has 0 spiro atoms. The lowest BCUT2D eigenvalue weighted by atomic mass is 9.75. The summed E-state index contributed by atoms with van der Waals surface area (Å²) in [5.74, 6) is 0.0319. The Kier molecular flexibility index (Phi) is 5.44. The largest absolute Gasteiger partial charge is 0.493 e. The summed E-state index contributed by atoms with van der Waals surface area (Å²) < 4.78 is 15.9. The van der Waals surface area contributed by atoms with E-state index in [0.717, 1.165) is 4.90 Å². The van der Waals surface area contributed by atoms with Crippen LogP contribution in [0.25, 0.3) is 0 Å². The van der Waals surface area contributed by atoms with Crippen molar-refractivity contribution < 1.29 is 28.6 Å². The summed E-state index contributed by atoms with van der Waals surface area (Å²) in [6.07, 6.45) is -1.33. The highest BCUT2D eigenvalue weighted by Gasteiger charge is 2.61. The number of para-hydroxylation sites is 2. The lowest BCUT2D eigenvalue weighted by Crippen LogP contribution is -2.54. The van der Waals surface area contributed by atoms with Gasteiger partial charge in [0.1, 0.15) is 6.61 Å². The van der Waals surface area contributed by atoms with Crippen molar-refractivity contribution in [3.8, 4) is 11.5 Å². The molecule has 1 aliphatic heterocycles. The van der Waals surface area contributed by atoms with Gasteiger partial charge in [-0.3, -0.25) is 14.5 Å². The van der Waals surface area contributed by atoms with E-state index < -0.39 is 28.9 Å². The van der Waals surface area contributed by atoms with Crippen LogP contribution in [0.4, 0.5) is 4.79 Å². The van der Waals surface area contributed by atoms with E-state index in [-0.39, 0.29) is 19.6 Å². The summed E-state index contributed by atoms with van der Waals surface area (Å²) in [7, 11) is 1.52. The van der Waals surface area contributed by atoms with E-state index in [0.29, 0.717) is 11.5 Å². The average molecular weight is 364 g/mol. The number of imide groups is 1. The number of ether oxygens (including phenoxy) is 3. The van der Waals surface area contributed by atoms with Gasteiger partial charge in [-0.1, -0.05) is 32.9 Å². The third-order valence-corrected chi connectivity index (χ3v) is 4.42. The minimum atomic E-state index is -1.61. The molecule has 0 aliphatic carbocycles. The molecule has 1 aliphatic rings. The Labute approximate surface area is 152 Å². The molecular formula is C18H24N2O6. The first-order valence-corrected chi connectivity index (χ1v) is 8.21. The van der Waals surface area contributed by atoms with E-state index in [1.807, 2.05) is 0 Å². The third-order valence-electron chi connectivity index (χ3n) is 4.42. The fourth-order valence-electron chi connectivity index (χ4n) is 2.92. The molecule has 3 amide bonds. The number of rotatable bonds is 6. The molecule has 1 heterocycles. The maximum Gasteiger partial charge on any atom is 0.405 e. The number of amides is 3. The Bertz CT molecular complexity index is 712. The normalized spacial score (nSPS) is 20.2. The average Bonchev–Trinajstić information content (AvgIpc) is 2.79. The first-order chi connectivity index (χ1) is 12.1. The Morgan fingerprint density at radius 1 is 1.23 bits per heavy atom. The maximum absolute atomic E-state index is 12.9. The van der Waals surface area contributed by atoms with Crippen LogP contribution in [0.2, 0.25) is 0 Å². The number of primary amides is 1. The van der Waals surface area contributed by atoms with Gasteiger partial charge in [0, 0.05) is 5.41 Å². The van der Waals surface area contributed by atoms with Crippen molar-refractivity contribution in [2.24, 2.45) is 11.1 Å². The van der Waals surface area contributed by atoms with Gasteiger partial charge in [-0.15, -0.1) is 0 Å². The van der Waals surface area contributed by atoms with Gasteiger partial charge in [-0.2, -0.15) is 0 Å². The minimum absolute atomic E-state index is 0.0235. The number of nitrogens with zero attached hydrogens (tertiary/aromatic N) is 1. The summed E-state index contributed by atoms with van der Waals surface area (Å²) in [6.45, 7) is 5.26. The lowest BCUT2D eigenvalue weighted by Gasteiger charge is -2.37. The van der Waals surface area contributed by atoms with Gasteiger partial charge in [0.15, 0.2) is 11.5 Å². The van der Waals surface area contributed by atoms with Gasteiger partial charge in [-0.25, -0.2) is 4.79 Å². The number of hydrogen-bond donors (Lipinski definition) is 1. The summed E-state index contributed by atoms with van der Waals surface area (Å²) in [6, 6.07) is 7.06. The van der Waals surface area contributed by atoms with E-state index in [1.54, 1.807) is 45.0 Å². The molecule has 26 heavy (non-hydrogen) atoms. The molecule has 0 radical (unpaired) electrons. The fraction of sp³-hybridized carbons (Fsp3) is 0.500. The number of benzene rings is 1. The zero-order valence-corrected chi connectivity index (χ0v) is 15.4. The molecule has 0 aromatic heterocycles. The molecule has 1 fully saturated rings. The highest BCUT2D eigenvalue weighted by Crippen LogP contribution is 2.42. The lowest BCUT2D eigenvalue weighted by molar-refractivity contribution is -0.154. The molecule has 1 unspecified atom stereocenters. The van der Waals surface area contributed by atoms with E-state index in [9.17, 15) is 14.4 Å². The van der Waals surface area contributed by atoms with Gasteiger partial charge in [0.05, 0.1) is 20.1 Å². The van der Waals surface area contributed by atoms with Gasteiger partial charge in [0.2, 0.25) is 11.5 Å². The van der Waals surface area contributed by atoms with Crippen molar-refractivity contribution in [1.29, 1.82) is 0 Å². The van der Waals surface area contributed by atoms with Crippen LogP contribution < -0.4 is 15.2 Å². The van der Waals surface area contributed by atoms with E-state index in [1.165, 1.54) is 7.11 Å². The van der Waals surface area contributed by atoms with Crippen LogP contribution >= 0.6 is 0 Å². The predicted molar refractivity (Wildman–Crippen MR) is 92.7 cm³/mol. The number of likely N-dealkylation sites (tertiary alicyclic amines) is 1. The minimum Gasteiger partial charge on any atom is -0.493 e. The predicted octanol–water partition coefficient (Wildman–Crippen LogP) is 1.71. The molecule has 0 saturated carbocycles. The fourth-order valence-corrected chi connectivity index (χ4v) is 2.92. The molecule has 1 aromatic rings. The monoisotopic (exact) mass is 364 g/mol. The van der Waals surface area contributed by atoms with E-state index in [4.69, 9.17) is 19.9 Å². The first kappa shape index (κ1) is 19.6. The SMILES string of the molecule is COc1ccccc1OCCN1C(=O)CC(OC(N)=O)(C(C)(C)C)C1=O. The Hall–Kier alpha value is -2.77. The molecule has 1 saturated heterocycles. The smallest absolute Gasteiger partial charge is 0.405 e. The van der Waals surface area contributed by atoms with Crippen molar-refractivity contribution in [3.05, 3.63) is 24.3 Å². The standard InChI is InChI=1S/C18H24N2O6/c1-17(2,3)18(26-16(19)23)11-14(21)20(15(18)22)9-10-25-13-8-6-5-7-12(13)24-4/h5-8H,9-11H2,1-4H3,(H2,19,23). The second-order valence-electron chi connectivity index (χ2n) is 7.02. The third kappa shape index (κ3) is 3.58. The zero-order chi connectivity index (χ0) is 19.5. The van der Waals surface area contributed by atoms with Crippen LogP contribution in [0.3, 0.4) is 0 Å². The molecule has 2 rings (SSSR count). The van der Waals surface area contributed by atoms with Crippen molar-refractivity contribution >= 4 is 17.9 Å². The van der Waals surface area contributed by atoms with Crippen molar-refractivity contribution in [2.75, 3.05) is 20.3 Å². The second kappa shape index (κ2) is 7.23. The van der Waals surface area contributed by atoms with E-state index in [2.05, 4.69) is 0 Å². The van der Waals surface area contributed by atoms with Crippen molar-refractivity contribution in [3.63, 3.8) is 0 Å². The molecule has 142 valence electrons. The first-order valence-electron chi connectivity index (χ1n) is 8.21. The molecule has 1 atom stereocenters. The van der Waals surface area contributed by atoms with Gasteiger partial charge < -0.3 is 19.9 Å². The van der Waals surface area contributed by atoms with Crippen LogP contribution in [-0.4, -0.2) is 48.7 Å². The number of methoxy groups -OCH3 is 1. The number of carbonyl (C=O) groups is 3. The van der Waals surface area contributed by atoms with Gasteiger partial charge >= 0.3 is 6.09 Å². The van der Waals surface area contributed by atoms with Crippen LogP contribution in [0.15, 0.2) is 24.3 Å². The van der Waals surface area contributed by atoms with Gasteiger partial charge in [0.25, 0.3) is 5.91 Å². The Balaban J connectivity index is 2.12. The number of carbonyl (C=O) groups excluding carboxylic acids is 3. The van der Waals surface area contributed by atoms with E-state index >= 15 is 0 Å². The van der Waals surface area contributed by atoms with Crippen LogP contribution in [0.1, 0.15) is 27.2 Å². The van der Waals surface area contributed by atoms with Crippen LogP contribution in [0, 0.1) is 5.41 Å². The zero-order valence-electron chi connectivity index (χ0n) is 15.4. The molecule has 1 aromatic carbocycles. The molecule has 8 nitrogen and oxygen atoms in total. The summed E-state index contributed by atoms with van der Waals surface area (Å²) >= 11 is 0. The summed E-state index contributed by atoms with van der Waals surface area (Å²) in [4.78, 5) is 37.6. The highest BCUT2D eigenvalue weighted by atomic mass is 16.6. The topological polar surface area (TPSA) is 108 Å². The quantitative estimate of drug-likeness (QED) is 0.770. The van der Waals surface area contributed by atoms with Crippen LogP contribution in [-0.2, 0) is 14.3 Å². The van der Waals surface area contributed by atoms with Crippen molar-refractivity contribution in [1.82, 2.24) is 4.90 Å². The molecule has 0 bridgehead atoms. The number of hydrogen-bond acceptors (Lipinski definition) is 6. The highest BCUT2D eigenvalue weighted by molar-refractivity contribution is 6.08. The Morgan fingerprint density at radius 2 is 1.85 bits per heavy atom. The van der Waals surface area contributed by atoms with Crippen LogP contribution in [0.5, 0.6) is 11.5 Å². The maximum atomic E-state index is 12.9. The number of nitrogens with two attached hydrogens (primary N) is 1. The molecule has 2 N–H and O–H groups in total. The summed E-state index contributed by atoms with van der Waals surface area (Å²) in [5, 5.41) is 0. The van der Waals surface area contributed by atoms with Crippen molar-refractivity contribution in [2.45, 2.75) is 32.8 Å². The van der Waals surface area contributed by atoms with Gasteiger partial charge in [-0.05, 0) is 12.1 Å². The molecular weight excluding hydrogens is 340 g/mol. The Morgan fingerprint density at radius 3 is 2.38 bits per heavy atom. The summed E-state index contributed by atoms with van der Waals surface area (Å²) in [5.41, 5.74) is 2.72. The second-order valence-corrected chi connectivity index (χ2v) is 7.02. The molecule has 8 heteroatoms.